The van der Waals surface area contributed by atoms with Crippen LogP contribution in [-0.2, 0) is 6.54 Å². The Morgan fingerprint density at radius 1 is 1.08 bits per heavy atom. The molecule has 1 N–H and O–H groups in total. The van der Waals surface area contributed by atoms with E-state index in [9.17, 15) is 0 Å². The molecule has 4 rings (SSSR count). The summed E-state index contributed by atoms with van der Waals surface area (Å²) in [5, 5.41) is 8.59. The lowest BCUT2D eigenvalue weighted by Crippen LogP contribution is -2.40. The first-order chi connectivity index (χ1) is 12.8. The maximum absolute atomic E-state index is 4.85. The summed E-state index contributed by atoms with van der Waals surface area (Å²) in [6.45, 7) is 3.15. The first kappa shape index (κ1) is 16.9. The Kier molecular flexibility index (Phi) is 5.09. The van der Waals surface area contributed by atoms with E-state index in [1.54, 1.807) is 6.20 Å². The number of likely N-dealkylation sites (tertiary alicyclic amines) is 1. The Balaban J connectivity index is 1.58. The highest BCUT2D eigenvalue weighted by Gasteiger charge is 2.18. The number of rotatable bonds is 5. The molecule has 5 heteroatoms. The molecule has 0 atom stereocenters. The average molecular weight is 347 g/mol. The molecule has 26 heavy (non-hydrogen) atoms. The lowest BCUT2D eigenvalue weighted by atomic mass is 10.0. The van der Waals surface area contributed by atoms with Crippen LogP contribution in [-0.4, -0.2) is 45.8 Å². The number of aromatic nitrogens is 3. The second kappa shape index (κ2) is 7.81. The van der Waals surface area contributed by atoms with Crippen LogP contribution in [0.5, 0.6) is 0 Å². The molecule has 0 spiro atoms. The van der Waals surface area contributed by atoms with Gasteiger partial charge in [0.05, 0.1) is 11.4 Å². The zero-order valence-electron chi connectivity index (χ0n) is 15.2. The van der Waals surface area contributed by atoms with E-state index >= 15 is 0 Å². The smallest absolute Gasteiger partial charge is 0.0988 e. The van der Waals surface area contributed by atoms with Crippen molar-refractivity contribution in [1.29, 1.82) is 0 Å². The van der Waals surface area contributed by atoms with Gasteiger partial charge < -0.3 is 10.2 Å². The summed E-state index contributed by atoms with van der Waals surface area (Å²) < 4.78 is 1.97. The number of para-hydroxylation sites is 1. The van der Waals surface area contributed by atoms with Gasteiger partial charge in [-0.3, -0.25) is 4.98 Å². The SMILES string of the molecule is CN1CCC(NCc2cn(-c3ccccc3)nc2-c2cccnc2)CC1. The van der Waals surface area contributed by atoms with Crippen molar-refractivity contribution in [3.05, 3.63) is 66.6 Å². The van der Waals surface area contributed by atoms with Gasteiger partial charge in [0.2, 0.25) is 0 Å². The van der Waals surface area contributed by atoms with Crippen molar-refractivity contribution < 1.29 is 0 Å². The minimum Gasteiger partial charge on any atom is -0.310 e. The lowest BCUT2D eigenvalue weighted by Gasteiger charge is -2.29. The van der Waals surface area contributed by atoms with E-state index in [4.69, 9.17) is 5.10 Å². The molecule has 1 fully saturated rings. The Hall–Kier alpha value is -2.50. The molecule has 0 unspecified atom stereocenters. The summed E-state index contributed by atoms with van der Waals surface area (Å²) in [4.78, 5) is 6.66. The predicted octanol–water partition coefficient (Wildman–Crippen LogP) is 3.12. The summed E-state index contributed by atoms with van der Waals surface area (Å²) in [5.41, 5.74) is 4.34. The fraction of sp³-hybridized carbons (Fsp3) is 0.333. The normalized spacial score (nSPS) is 16.0. The van der Waals surface area contributed by atoms with E-state index in [0.29, 0.717) is 6.04 Å². The molecule has 134 valence electrons. The van der Waals surface area contributed by atoms with Gasteiger partial charge in [0, 0.05) is 42.3 Å². The maximum Gasteiger partial charge on any atom is 0.0988 e. The van der Waals surface area contributed by atoms with Gasteiger partial charge in [0.15, 0.2) is 0 Å². The number of benzene rings is 1. The molecule has 3 heterocycles. The van der Waals surface area contributed by atoms with Gasteiger partial charge in [-0.2, -0.15) is 5.10 Å². The summed E-state index contributed by atoms with van der Waals surface area (Å²) in [7, 11) is 2.20. The summed E-state index contributed by atoms with van der Waals surface area (Å²) >= 11 is 0. The van der Waals surface area contributed by atoms with Crippen molar-refractivity contribution in [1.82, 2.24) is 25.0 Å². The lowest BCUT2D eigenvalue weighted by molar-refractivity contribution is 0.234. The van der Waals surface area contributed by atoms with Crippen LogP contribution in [0.3, 0.4) is 0 Å². The van der Waals surface area contributed by atoms with Crippen molar-refractivity contribution in [2.24, 2.45) is 0 Å². The number of nitrogens with zero attached hydrogens (tertiary/aromatic N) is 4. The van der Waals surface area contributed by atoms with Gasteiger partial charge in [0.25, 0.3) is 0 Å². The van der Waals surface area contributed by atoms with Crippen LogP contribution in [0, 0.1) is 0 Å². The molecule has 1 saturated heterocycles. The zero-order chi connectivity index (χ0) is 17.8. The second-order valence-corrected chi connectivity index (χ2v) is 6.98. The van der Waals surface area contributed by atoms with Crippen molar-refractivity contribution in [2.45, 2.75) is 25.4 Å². The van der Waals surface area contributed by atoms with Crippen LogP contribution in [0.4, 0.5) is 0 Å². The molecular weight excluding hydrogens is 322 g/mol. The molecule has 0 radical (unpaired) electrons. The number of hydrogen-bond donors (Lipinski definition) is 1. The highest BCUT2D eigenvalue weighted by molar-refractivity contribution is 5.62. The van der Waals surface area contributed by atoms with Gasteiger partial charge in [-0.25, -0.2) is 4.68 Å². The van der Waals surface area contributed by atoms with E-state index < -0.39 is 0 Å². The van der Waals surface area contributed by atoms with Crippen LogP contribution in [0.25, 0.3) is 16.9 Å². The van der Waals surface area contributed by atoms with Gasteiger partial charge >= 0.3 is 0 Å². The molecule has 1 aromatic carbocycles. The molecule has 0 saturated carbocycles. The van der Waals surface area contributed by atoms with Crippen LogP contribution < -0.4 is 5.32 Å². The quantitative estimate of drug-likeness (QED) is 0.770. The fourth-order valence-electron chi connectivity index (χ4n) is 3.46. The summed E-state index contributed by atoms with van der Waals surface area (Å²) in [6, 6.07) is 14.9. The third-order valence-corrected chi connectivity index (χ3v) is 5.05. The van der Waals surface area contributed by atoms with E-state index in [2.05, 4.69) is 46.6 Å². The van der Waals surface area contributed by atoms with E-state index in [1.807, 2.05) is 35.1 Å². The molecule has 5 nitrogen and oxygen atoms in total. The molecule has 1 aliphatic rings. The summed E-state index contributed by atoms with van der Waals surface area (Å²) in [6.07, 6.45) is 8.22. The highest BCUT2D eigenvalue weighted by atomic mass is 15.3. The predicted molar refractivity (Wildman–Crippen MR) is 104 cm³/mol. The average Bonchev–Trinajstić information content (AvgIpc) is 3.13. The fourth-order valence-corrected chi connectivity index (χ4v) is 3.46. The number of pyridine rings is 1. The van der Waals surface area contributed by atoms with Gasteiger partial charge in [-0.15, -0.1) is 0 Å². The highest BCUT2D eigenvalue weighted by Crippen LogP contribution is 2.23. The maximum atomic E-state index is 4.85. The zero-order valence-corrected chi connectivity index (χ0v) is 15.2. The Labute approximate surface area is 154 Å². The number of nitrogens with one attached hydrogen (secondary N) is 1. The monoisotopic (exact) mass is 347 g/mol. The van der Waals surface area contributed by atoms with Crippen LogP contribution in [0.2, 0.25) is 0 Å². The molecule has 0 amide bonds. The molecule has 3 aromatic rings. The topological polar surface area (TPSA) is 46.0 Å². The molecule has 0 bridgehead atoms. The standard InChI is InChI=1S/C21H25N5/c1-25-12-9-19(10-13-25)23-15-18-16-26(20-7-3-2-4-8-20)24-21(18)17-6-5-11-22-14-17/h2-8,11,14,16,19,23H,9-10,12-13,15H2,1H3. The van der Waals surface area contributed by atoms with Gasteiger partial charge in [0.1, 0.15) is 0 Å². The van der Waals surface area contributed by atoms with Crippen LogP contribution in [0.1, 0.15) is 18.4 Å². The Bertz CT molecular complexity index is 820. The third kappa shape index (κ3) is 3.84. The molecular formula is C21H25N5. The van der Waals surface area contributed by atoms with E-state index in [1.165, 1.54) is 18.4 Å². The number of hydrogen-bond acceptors (Lipinski definition) is 4. The van der Waals surface area contributed by atoms with Gasteiger partial charge in [-0.1, -0.05) is 18.2 Å². The van der Waals surface area contributed by atoms with Crippen molar-refractivity contribution in [2.75, 3.05) is 20.1 Å². The minimum atomic E-state index is 0.577. The van der Waals surface area contributed by atoms with Crippen LogP contribution >= 0.6 is 0 Å². The van der Waals surface area contributed by atoms with E-state index in [-0.39, 0.29) is 0 Å². The molecule has 2 aromatic heterocycles. The first-order valence-electron chi connectivity index (χ1n) is 9.26. The Morgan fingerprint density at radius 2 is 1.88 bits per heavy atom. The van der Waals surface area contributed by atoms with Crippen molar-refractivity contribution in [3.8, 4) is 16.9 Å². The van der Waals surface area contributed by atoms with E-state index in [0.717, 1.165) is 36.6 Å². The number of piperidine rings is 1. The first-order valence-corrected chi connectivity index (χ1v) is 9.26. The van der Waals surface area contributed by atoms with Crippen LogP contribution in [0.15, 0.2) is 61.1 Å². The Morgan fingerprint density at radius 3 is 2.62 bits per heavy atom. The van der Waals surface area contributed by atoms with Gasteiger partial charge in [-0.05, 0) is 57.2 Å². The third-order valence-electron chi connectivity index (χ3n) is 5.05. The summed E-state index contributed by atoms with van der Waals surface area (Å²) in [5.74, 6) is 0. The molecule has 1 aliphatic heterocycles. The minimum absolute atomic E-state index is 0.577. The molecule has 0 aliphatic carbocycles. The van der Waals surface area contributed by atoms with Crippen molar-refractivity contribution >= 4 is 0 Å². The largest absolute Gasteiger partial charge is 0.310 e. The van der Waals surface area contributed by atoms with Crippen molar-refractivity contribution in [3.63, 3.8) is 0 Å². The second-order valence-electron chi connectivity index (χ2n) is 6.98.